The van der Waals surface area contributed by atoms with E-state index in [1.807, 2.05) is 0 Å². The number of methoxy groups -OCH3 is 1. The number of aliphatic carboxylic acids is 1. The highest BCUT2D eigenvalue weighted by atomic mass is 19.3. The molecule has 1 atom stereocenters. The van der Waals surface area contributed by atoms with Crippen LogP contribution in [0, 0.1) is 5.41 Å². The molecule has 110 valence electrons. The van der Waals surface area contributed by atoms with Crippen molar-refractivity contribution in [3.05, 3.63) is 0 Å². The van der Waals surface area contributed by atoms with Crippen LogP contribution in [0.15, 0.2) is 0 Å². The molecule has 1 amide bonds. The summed E-state index contributed by atoms with van der Waals surface area (Å²) >= 11 is 0. The van der Waals surface area contributed by atoms with E-state index in [9.17, 15) is 18.4 Å². The van der Waals surface area contributed by atoms with Gasteiger partial charge in [-0.05, 0) is 19.3 Å². The molecule has 1 rings (SSSR count). The summed E-state index contributed by atoms with van der Waals surface area (Å²) in [5.41, 5.74) is -0.647. The van der Waals surface area contributed by atoms with Crippen LogP contribution in [-0.4, -0.2) is 43.2 Å². The molecule has 0 aromatic carbocycles. The normalized spacial score (nSPS) is 18.7. The molecule has 7 heteroatoms. The Balaban J connectivity index is 2.61. The highest BCUT2D eigenvalue weighted by molar-refractivity contribution is 5.88. The third-order valence-electron chi connectivity index (χ3n) is 3.59. The number of ether oxygens (including phenoxy) is 1. The number of amides is 1. The summed E-state index contributed by atoms with van der Waals surface area (Å²) in [6.45, 7) is 0.389. The SMILES string of the molecule is COCCC1(C(=O)NC(CC(F)F)C(=O)O)CCC1. The zero-order valence-corrected chi connectivity index (χ0v) is 10.8. The number of rotatable bonds is 8. The van der Waals surface area contributed by atoms with E-state index in [0.29, 0.717) is 25.9 Å². The monoisotopic (exact) mass is 279 g/mol. The number of alkyl halides is 2. The Morgan fingerprint density at radius 1 is 1.42 bits per heavy atom. The number of nitrogens with one attached hydrogen (secondary N) is 1. The first-order valence-electron chi connectivity index (χ1n) is 6.22. The number of halogens is 2. The summed E-state index contributed by atoms with van der Waals surface area (Å²) in [5, 5.41) is 11.1. The molecule has 0 heterocycles. The van der Waals surface area contributed by atoms with Crippen molar-refractivity contribution in [2.75, 3.05) is 13.7 Å². The second-order valence-corrected chi connectivity index (χ2v) is 4.87. The molecular weight excluding hydrogens is 260 g/mol. The smallest absolute Gasteiger partial charge is 0.326 e. The first-order chi connectivity index (χ1) is 8.91. The van der Waals surface area contributed by atoms with Crippen molar-refractivity contribution in [2.24, 2.45) is 5.41 Å². The van der Waals surface area contributed by atoms with Gasteiger partial charge in [-0.25, -0.2) is 13.6 Å². The van der Waals surface area contributed by atoms with Crippen LogP contribution in [0.5, 0.6) is 0 Å². The van der Waals surface area contributed by atoms with E-state index in [0.717, 1.165) is 6.42 Å². The molecule has 1 aliphatic rings. The molecule has 1 aliphatic carbocycles. The number of hydrogen-bond donors (Lipinski definition) is 2. The molecule has 1 saturated carbocycles. The van der Waals surface area contributed by atoms with Gasteiger partial charge in [-0.1, -0.05) is 6.42 Å². The quantitative estimate of drug-likeness (QED) is 0.704. The Hall–Kier alpha value is -1.24. The lowest BCUT2D eigenvalue weighted by Gasteiger charge is -2.40. The largest absolute Gasteiger partial charge is 0.480 e. The number of carbonyl (C=O) groups is 2. The molecule has 19 heavy (non-hydrogen) atoms. The van der Waals surface area contributed by atoms with Gasteiger partial charge < -0.3 is 15.2 Å². The maximum Gasteiger partial charge on any atom is 0.326 e. The topological polar surface area (TPSA) is 75.6 Å². The lowest BCUT2D eigenvalue weighted by molar-refractivity contribution is -0.147. The molecule has 1 unspecified atom stereocenters. The predicted octanol–water partition coefficient (Wildman–Crippen LogP) is 1.42. The van der Waals surface area contributed by atoms with Crippen LogP contribution in [0.2, 0.25) is 0 Å². The Morgan fingerprint density at radius 2 is 2.05 bits per heavy atom. The van der Waals surface area contributed by atoms with Gasteiger partial charge in [0.05, 0.1) is 5.41 Å². The van der Waals surface area contributed by atoms with Crippen LogP contribution in [0.3, 0.4) is 0 Å². The van der Waals surface area contributed by atoms with Crippen LogP contribution >= 0.6 is 0 Å². The van der Waals surface area contributed by atoms with Crippen molar-refractivity contribution >= 4 is 11.9 Å². The molecule has 0 aromatic heterocycles. The van der Waals surface area contributed by atoms with Crippen molar-refractivity contribution in [1.82, 2.24) is 5.32 Å². The van der Waals surface area contributed by atoms with Crippen molar-refractivity contribution in [1.29, 1.82) is 0 Å². The molecule has 5 nitrogen and oxygen atoms in total. The minimum atomic E-state index is -2.77. The molecule has 0 aromatic rings. The molecule has 0 spiro atoms. The fourth-order valence-electron chi connectivity index (χ4n) is 2.20. The maximum atomic E-state index is 12.3. The third kappa shape index (κ3) is 4.12. The summed E-state index contributed by atoms with van der Waals surface area (Å²) in [7, 11) is 1.51. The Labute approximate surface area is 110 Å². The minimum Gasteiger partial charge on any atom is -0.480 e. The third-order valence-corrected chi connectivity index (χ3v) is 3.59. The van der Waals surface area contributed by atoms with E-state index in [2.05, 4.69) is 5.32 Å². The van der Waals surface area contributed by atoms with E-state index in [4.69, 9.17) is 9.84 Å². The second-order valence-electron chi connectivity index (χ2n) is 4.87. The van der Waals surface area contributed by atoms with Gasteiger partial charge in [0.15, 0.2) is 0 Å². The predicted molar refractivity (Wildman–Crippen MR) is 63.0 cm³/mol. The number of carboxylic acids is 1. The van der Waals surface area contributed by atoms with Crippen LogP contribution in [0.25, 0.3) is 0 Å². The van der Waals surface area contributed by atoms with E-state index in [1.165, 1.54) is 7.11 Å². The summed E-state index contributed by atoms with van der Waals surface area (Å²) in [6, 6.07) is -1.53. The Morgan fingerprint density at radius 3 is 2.42 bits per heavy atom. The molecule has 0 saturated heterocycles. The van der Waals surface area contributed by atoms with Gasteiger partial charge in [0.25, 0.3) is 0 Å². The number of carboxylic acid groups (broad SMARTS) is 1. The number of carbonyl (C=O) groups excluding carboxylic acids is 1. The van der Waals surface area contributed by atoms with Crippen LogP contribution in [0.4, 0.5) is 8.78 Å². The van der Waals surface area contributed by atoms with Gasteiger partial charge in [0.2, 0.25) is 12.3 Å². The average Bonchev–Trinajstić information content (AvgIpc) is 2.26. The second kappa shape index (κ2) is 6.79. The molecule has 0 bridgehead atoms. The van der Waals surface area contributed by atoms with Gasteiger partial charge in [-0.2, -0.15) is 0 Å². The molecule has 1 fully saturated rings. The fraction of sp³-hybridized carbons (Fsp3) is 0.833. The zero-order chi connectivity index (χ0) is 14.5. The average molecular weight is 279 g/mol. The molecule has 0 aliphatic heterocycles. The highest BCUT2D eigenvalue weighted by Gasteiger charge is 2.44. The van der Waals surface area contributed by atoms with Gasteiger partial charge in [0.1, 0.15) is 6.04 Å². The van der Waals surface area contributed by atoms with Gasteiger partial charge in [-0.15, -0.1) is 0 Å². The maximum absolute atomic E-state index is 12.3. The first-order valence-corrected chi connectivity index (χ1v) is 6.22. The van der Waals surface area contributed by atoms with E-state index in [-0.39, 0.29) is 0 Å². The van der Waals surface area contributed by atoms with E-state index < -0.39 is 36.2 Å². The summed E-state index contributed by atoms with van der Waals surface area (Å²) in [4.78, 5) is 22.9. The minimum absolute atomic E-state index is 0.389. The van der Waals surface area contributed by atoms with Crippen LogP contribution in [-0.2, 0) is 14.3 Å². The molecule has 0 radical (unpaired) electrons. The summed E-state index contributed by atoms with van der Waals surface area (Å²) in [6.07, 6.45) is -0.994. The van der Waals surface area contributed by atoms with Crippen molar-refractivity contribution in [3.8, 4) is 0 Å². The van der Waals surface area contributed by atoms with Crippen LogP contribution < -0.4 is 5.32 Å². The van der Waals surface area contributed by atoms with Crippen molar-refractivity contribution in [2.45, 2.75) is 44.6 Å². The Bertz CT molecular complexity index is 332. The van der Waals surface area contributed by atoms with Gasteiger partial charge >= 0.3 is 5.97 Å². The van der Waals surface area contributed by atoms with E-state index >= 15 is 0 Å². The summed E-state index contributed by atoms with van der Waals surface area (Å²) < 4.78 is 29.4. The molecular formula is C12H19F2NO4. The van der Waals surface area contributed by atoms with Crippen molar-refractivity contribution < 1.29 is 28.2 Å². The lowest BCUT2D eigenvalue weighted by Crippen LogP contribution is -2.52. The Kier molecular flexibility index (Phi) is 5.65. The zero-order valence-electron chi connectivity index (χ0n) is 10.8. The lowest BCUT2D eigenvalue weighted by atomic mass is 9.66. The van der Waals surface area contributed by atoms with Crippen molar-refractivity contribution in [3.63, 3.8) is 0 Å². The highest BCUT2D eigenvalue weighted by Crippen LogP contribution is 2.44. The van der Waals surface area contributed by atoms with Gasteiger partial charge in [0, 0.05) is 20.1 Å². The van der Waals surface area contributed by atoms with Gasteiger partial charge in [-0.3, -0.25) is 4.79 Å². The van der Waals surface area contributed by atoms with E-state index in [1.54, 1.807) is 0 Å². The standard InChI is InChI=1S/C12H19F2NO4/c1-19-6-5-12(3-2-4-12)11(18)15-8(10(16)17)7-9(13)14/h8-9H,2-7H2,1H3,(H,15,18)(H,16,17). The first kappa shape index (κ1) is 15.8. The summed E-state index contributed by atoms with van der Waals surface area (Å²) in [5.74, 6) is -1.89. The number of hydrogen-bond acceptors (Lipinski definition) is 3. The fourth-order valence-corrected chi connectivity index (χ4v) is 2.20. The molecule has 2 N–H and O–H groups in total. The van der Waals surface area contributed by atoms with Crippen LogP contribution in [0.1, 0.15) is 32.1 Å².